The van der Waals surface area contributed by atoms with Crippen LogP contribution in [0.5, 0.6) is 0 Å². The second kappa shape index (κ2) is 2.74. The molecule has 2 heteroatoms. The summed E-state index contributed by atoms with van der Waals surface area (Å²) in [5.41, 5.74) is 0. The number of aliphatic hydroxyl groups excluding tert-OH is 1. The lowest BCUT2D eigenvalue weighted by atomic mass is 9.89. The van der Waals surface area contributed by atoms with Crippen LogP contribution >= 0.6 is 22.6 Å². The van der Waals surface area contributed by atoms with Gasteiger partial charge in [0, 0.05) is 3.42 Å². The number of aliphatic hydroxyl groups is 1. The molecule has 0 spiro atoms. The minimum absolute atomic E-state index is 0.0272. The standard InChI is InChI=1S/C7H13IO/c1-7(8)4-2-3-6(9)5-7/h6,9H,2-5H2,1H3. The van der Waals surface area contributed by atoms with Gasteiger partial charge in [0.2, 0.25) is 0 Å². The Morgan fingerprint density at radius 3 is 2.67 bits per heavy atom. The summed E-state index contributed by atoms with van der Waals surface area (Å²) in [5, 5.41) is 9.24. The molecule has 0 aromatic carbocycles. The van der Waals surface area contributed by atoms with Crippen LogP contribution in [0.3, 0.4) is 0 Å². The molecule has 9 heavy (non-hydrogen) atoms. The molecule has 1 saturated carbocycles. The van der Waals surface area contributed by atoms with E-state index in [-0.39, 0.29) is 6.10 Å². The SMILES string of the molecule is CC1(I)CCCC(O)C1. The zero-order valence-corrected chi connectivity index (χ0v) is 7.89. The molecule has 2 atom stereocenters. The Morgan fingerprint density at radius 1 is 1.67 bits per heavy atom. The fourth-order valence-electron chi connectivity index (χ4n) is 1.40. The Morgan fingerprint density at radius 2 is 2.33 bits per heavy atom. The summed E-state index contributed by atoms with van der Waals surface area (Å²) in [7, 11) is 0. The van der Waals surface area contributed by atoms with E-state index in [9.17, 15) is 5.11 Å². The average Bonchev–Trinajstić information content (AvgIpc) is 1.60. The van der Waals surface area contributed by atoms with Gasteiger partial charge >= 0.3 is 0 Å². The average molecular weight is 240 g/mol. The monoisotopic (exact) mass is 240 g/mol. The number of hydrogen-bond acceptors (Lipinski definition) is 1. The summed E-state index contributed by atoms with van der Waals surface area (Å²) in [5.74, 6) is 0. The van der Waals surface area contributed by atoms with E-state index in [0.717, 1.165) is 12.8 Å². The van der Waals surface area contributed by atoms with Gasteiger partial charge in [0.25, 0.3) is 0 Å². The first-order valence-corrected chi connectivity index (χ1v) is 4.55. The fraction of sp³-hybridized carbons (Fsp3) is 1.00. The van der Waals surface area contributed by atoms with Crippen molar-refractivity contribution in [2.75, 3.05) is 0 Å². The molecule has 0 amide bonds. The third-order valence-corrected chi connectivity index (χ3v) is 2.88. The van der Waals surface area contributed by atoms with Crippen molar-refractivity contribution in [1.29, 1.82) is 0 Å². The number of alkyl halides is 1. The second-order valence-electron chi connectivity index (χ2n) is 3.16. The van der Waals surface area contributed by atoms with E-state index >= 15 is 0 Å². The molecule has 0 aromatic heterocycles. The highest BCUT2D eigenvalue weighted by Crippen LogP contribution is 2.35. The van der Waals surface area contributed by atoms with E-state index in [1.165, 1.54) is 12.8 Å². The Labute approximate surface area is 70.0 Å². The van der Waals surface area contributed by atoms with Gasteiger partial charge in [0.05, 0.1) is 6.10 Å². The van der Waals surface area contributed by atoms with Crippen molar-refractivity contribution in [2.45, 2.75) is 42.1 Å². The molecule has 2 unspecified atom stereocenters. The van der Waals surface area contributed by atoms with Gasteiger partial charge in [-0.2, -0.15) is 0 Å². The predicted molar refractivity (Wildman–Crippen MR) is 46.9 cm³/mol. The first-order valence-electron chi connectivity index (χ1n) is 3.47. The minimum Gasteiger partial charge on any atom is -0.393 e. The van der Waals surface area contributed by atoms with Crippen LogP contribution in [0.1, 0.15) is 32.6 Å². The maximum Gasteiger partial charge on any atom is 0.0552 e. The van der Waals surface area contributed by atoms with Crippen molar-refractivity contribution in [2.24, 2.45) is 0 Å². The lowest BCUT2D eigenvalue weighted by Crippen LogP contribution is -2.28. The smallest absolute Gasteiger partial charge is 0.0552 e. The lowest BCUT2D eigenvalue weighted by Gasteiger charge is -2.30. The fourth-order valence-corrected chi connectivity index (χ4v) is 2.29. The number of rotatable bonds is 0. The van der Waals surface area contributed by atoms with Crippen molar-refractivity contribution < 1.29 is 5.11 Å². The third-order valence-electron chi connectivity index (χ3n) is 1.90. The number of halogens is 1. The highest BCUT2D eigenvalue weighted by atomic mass is 127. The molecule has 0 heterocycles. The second-order valence-corrected chi connectivity index (χ2v) is 5.77. The van der Waals surface area contributed by atoms with Crippen LogP contribution in [0.2, 0.25) is 0 Å². The quantitative estimate of drug-likeness (QED) is 0.508. The Hall–Kier alpha value is 0.690. The summed E-state index contributed by atoms with van der Waals surface area (Å²) in [6.45, 7) is 2.22. The topological polar surface area (TPSA) is 20.2 Å². The molecular weight excluding hydrogens is 227 g/mol. The van der Waals surface area contributed by atoms with E-state index in [2.05, 4.69) is 29.5 Å². The molecule has 1 aliphatic carbocycles. The Bertz CT molecular complexity index is 101. The highest BCUT2D eigenvalue weighted by molar-refractivity contribution is 14.1. The van der Waals surface area contributed by atoms with Gasteiger partial charge in [-0.25, -0.2) is 0 Å². The summed E-state index contributed by atoms with van der Waals surface area (Å²) in [6.07, 6.45) is 4.43. The van der Waals surface area contributed by atoms with E-state index in [1.54, 1.807) is 0 Å². The van der Waals surface area contributed by atoms with Crippen LogP contribution in [0.25, 0.3) is 0 Å². The van der Waals surface area contributed by atoms with Crippen LogP contribution in [0.4, 0.5) is 0 Å². The molecule has 1 fully saturated rings. The molecule has 1 nitrogen and oxygen atoms in total. The third kappa shape index (κ3) is 2.42. The zero-order valence-electron chi connectivity index (χ0n) is 5.73. The summed E-state index contributed by atoms with van der Waals surface area (Å²) in [6, 6.07) is 0. The van der Waals surface area contributed by atoms with Gasteiger partial charge < -0.3 is 5.11 Å². The van der Waals surface area contributed by atoms with Crippen LogP contribution in [0, 0.1) is 0 Å². The van der Waals surface area contributed by atoms with Gasteiger partial charge in [0.1, 0.15) is 0 Å². The lowest BCUT2D eigenvalue weighted by molar-refractivity contribution is 0.119. The van der Waals surface area contributed by atoms with Crippen LogP contribution in [0.15, 0.2) is 0 Å². The highest BCUT2D eigenvalue weighted by Gasteiger charge is 2.27. The molecule has 54 valence electrons. The van der Waals surface area contributed by atoms with Gasteiger partial charge in [-0.05, 0) is 25.7 Å². The van der Waals surface area contributed by atoms with Crippen molar-refractivity contribution >= 4 is 22.6 Å². The van der Waals surface area contributed by atoms with E-state index in [1.807, 2.05) is 0 Å². The van der Waals surface area contributed by atoms with E-state index in [0.29, 0.717) is 3.42 Å². The van der Waals surface area contributed by atoms with E-state index in [4.69, 9.17) is 0 Å². The summed E-state index contributed by atoms with van der Waals surface area (Å²) >= 11 is 2.45. The number of hydrogen-bond donors (Lipinski definition) is 1. The molecule has 0 aliphatic heterocycles. The molecule has 0 aromatic rings. The minimum atomic E-state index is -0.0272. The van der Waals surface area contributed by atoms with Crippen LogP contribution < -0.4 is 0 Å². The van der Waals surface area contributed by atoms with Crippen molar-refractivity contribution in [1.82, 2.24) is 0 Å². The molecule has 1 N–H and O–H groups in total. The maximum atomic E-state index is 9.24. The molecule has 0 radical (unpaired) electrons. The van der Waals surface area contributed by atoms with Crippen LogP contribution in [-0.4, -0.2) is 14.6 Å². The van der Waals surface area contributed by atoms with E-state index < -0.39 is 0 Å². The molecule has 0 bridgehead atoms. The largest absolute Gasteiger partial charge is 0.393 e. The zero-order chi connectivity index (χ0) is 6.91. The first-order chi connectivity index (χ1) is 4.10. The van der Waals surface area contributed by atoms with Crippen molar-refractivity contribution in [3.63, 3.8) is 0 Å². The van der Waals surface area contributed by atoms with Crippen molar-refractivity contribution in [3.8, 4) is 0 Å². The predicted octanol–water partition coefficient (Wildman–Crippen LogP) is 2.12. The van der Waals surface area contributed by atoms with Crippen LogP contribution in [-0.2, 0) is 0 Å². The molecule has 0 saturated heterocycles. The van der Waals surface area contributed by atoms with Gasteiger partial charge in [-0.15, -0.1) is 0 Å². The normalized spacial score (nSPS) is 45.0. The molecule has 1 rings (SSSR count). The Kier molecular flexibility index (Phi) is 2.37. The van der Waals surface area contributed by atoms with Crippen molar-refractivity contribution in [3.05, 3.63) is 0 Å². The summed E-state index contributed by atoms with van der Waals surface area (Å²) in [4.78, 5) is 0. The van der Waals surface area contributed by atoms with Gasteiger partial charge in [-0.1, -0.05) is 29.5 Å². The molecular formula is C7H13IO. The van der Waals surface area contributed by atoms with Gasteiger partial charge in [-0.3, -0.25) is 0 Å². The molecule has 1 aliphatic rings. The Balaban J connectivity index is 2.41. The van der Waals surface area contributed by atoms with Gasteiger partial charge in [0.15, 0.2) is 0 Å². The first kappa shape index (κ1) is 7.79. The maximum absolute atomic E-state index is 9.24. The summed E-state index contributed by atoms with van der Waals surface area (Å²) < 4.78 is 0.370.